The molecule has 1 N–H and O–H groups in total. The first-order valence-electron chi connectivity index (χ1n) is 5.99. The molecule has 0 saturated heterocycles. The number of alkyl halides is 3. The minimum Gasteiger partial charge on any atom is -0.467 e. The molecule has 1 unspecified atom stereocenters. The first-order chi connectivity index (χ1) is 9.24. The fourth-order valence-corrected chi connectivity index (χ4v) is 1.57. The van der Waals surface area contributed by atoms with E-state index in [1.165, 1.54) is 7.11 Å². The summed E-state index contributed by atoms with van der Waals surface area (Å²) in [6, 6.07) is 1.26. The summed E-state index contributed by atoms with van der Waals surface area (Å²) in [7, 11) is 1.25. The molecule has 0 amide bonds. The summed E-state index contributed by atoms with van der Waals surface area (Å²) in [4.78, 5) is 11.6. The molecule has 0 saturated carbocycles. The number of nitrogens with zero attached hydrogens (tertiary/aromatic N) is 2. The maximum atomic E-state index is 12.3. The highest BCUT2D eigenvalue weighted by Gasteiger charge is 2.33. The van der Waals surface area contributed by atoms with Crippen LogP contribution < -0.4 is 5.32 Å². The first-order valence-corrected chi connectivity index (χ1v) is 5.99. The van der Waals surface area contributed by atoms with Gasteiger partial charge in [0.25, 0.3) is 0 Å². The van der Waals surface area contributed by atoms with Gasteiger partial charge in [-0.2, -0.15) is 13.2 Å². The molecule has 0 spiro atoms. The van der Waals surface area contributed by atoms with Crippen LogP contribution in [0.4, 0.5) is 19.0 Å². The van der Waals surface area contributed by atoms with Crippen LogP contribution in [0.25, 0.3) is 0 Å². The van der Waals surface area contributed by atoms with Crippen molar-refractivity contribution < 1.29 is 22.7 Å². The third kappa shape index (κ3) is 4.67. The molecule has 1 aromatic heterocycles. The lowest BCUT2D eigenvalue weighted by Crippen LogP contribution is -2.32. The van der Waals surface area contributed by atoms with Crippen molar-refractivity contribution in [2.24, 2.45) is 5.92 Å². The van der Waals surface area contributed by atoms with Gasteiger partial charge in [-0.1, -0.05) is 13.8 Å². The Labute approximate surface area is 114 Å². The number of esters is 1. The molecule has 0 aliphatic carbocycles. The second-order valence-electron chi connectivity index (χ2n) is 4.65. The van der Waals surface area contributed by atoms with Gasteiger partial charge in [0.1, 0.15) is 11.9 Å². The largest absolute Gasteiger partial charge is 0.467 e. The molecule has 0 aliphatic rings. The SMILES string of the molecule is COC(=O)C(CC(C)C)Nc1ccc(C(F)(F)F)nn1. The summed E-state index contributed by atoms with van der Waals surface area (Å²) in [5, 5.41) is 9.22. The molecule has 0 radical (unpaired) electrons. The molecular formula is C12H16F3N3O2. The molecule has 1 rings (SSSR count). The monoisotopic (exact) mass is 291 g/mol. The van der Waals surface area contributed by atoms with Gasteiger partial charge in [0, 0.05) is 0 Å². The summed E-state index contributed by atoms with van der Waals surface area (Å²) in [6.07, 6.45) is -4.07. The highest BCUT2D eigenvalue weighted by Crippen LogP contribution is 2.27. The van der Waals surface area contributed by atoms with Crippen molar-refractivity contribution in [2.45, 2.75) is 32.5 Å². The quantitative estimate of drug-likeness (QED) is 0.844. The zero-order valence-electron chi connectivity index (χ0n) is 11.4. The van der Waals surface area contributed by atoms with Gasteiger partial charge >= 0.3 is 12.1 Å². The summed E-state index contributed by atoms with van der Waals surface area (Å²) in [5.41, 5.74) is -1.08. The number of hydrogen-bond donors (Lipinski definition) is 1. The molecule has 20 heavy (non-hydrogen) atoms. The van der Waals surface area contributed by atoms with Crippen LogP contribution in [0.15, 0.2) is 12.1 Å². The lowest BCUT2D eigenvalue weighted by molar-refractivity contribution is -0.142. The second-order valence-corrected chi connectivity index (χ2v) is 4.65. The summed E-state index contributed by atoms with van der Waals surface area (Å²) in [5.74, 6) is -0.205. The number of nitrogens with one attached hydrogen (secondary N) is 1. The molecule has 0 bridgehead atoms. The van der Waals surface area contributed by atoms with Crippen molar-refractivity contribution in [3.8, 4) is 0 Å². The Morgan fingerprint density at radius 3 is 2.40 bits per heavy atom. The third-order valence-corrected chi connectivity index (χ3v) is 2.47. The maximum absolute atomic E-state index is 12.3. The number of ether oxygens (including phenoxy) is 1. The highest BCUT2D eigenvalue weighted by atomic mass is 19.4. The average Bonchev–Trinajstić information content (AvgIpc) is 2.36. The predicted octanol–water partition coefficient (Wildman–Crippen LogP) is 2.50. The molecule has 1 aromatic rings. The van der Waals surface area contributed by atoms with E-state index in [4.69, 9.17) is 0 Å². The maximum Gasteiger partial charge on any atom is 0.435 e. The fraction of sp³-hybridized carbons (Fsp3) is 0.583. The Morgan fingerprint density at radius 2 is 2.00 bits per heavy atom. The second kappa shape index (κ2) is 6.53. The van der Waals surface area contributed by atoms with Crippen LogP contribution in [0.2, 0.25) is 0 Å². The third-order valence-electron chi connectivity index (χ3n) is 2.47. The fourth-order valence-electron chi connectivity index (χ4n) is 1.57. The van der Waals surface area contributed by atoms with E-state index in [2.05, 4.69) is 20.3 Å². The van der Waals surface area contributed by atoms with Crippen molar-refractivity contribution in [1.82, 2.24) is 10.2 Å². The zero-order valence-corrected chi connectivity index (χ0v) is 11.4. The van der Waals surface area contributed by atoms with Gasteiger partial charge in [0.15, 0.2) is 5.69 Å². The molecule has 5 nitrogen and oxygen atoms in total. The predicted molar refractivity (Wildman–Crippen MR) is 65.9 cm³/mol. The van der Waals surface area contributed by atoms with Gasteiger partial charge in [-0.05, 0) is 24.5 Å². The van der Waals surface area contributed by atoms with Crippen LogP contribution >= 0.6 is 0 Å². The van der Waals surface area contributed by atoms with Crippen molar-refractivity contribution in [3.05, 3.63) is 17.8 Å². The summed E-state index contributed by atoms with van der Waals surface area (Å²) >= 11 is 0. The summed E-state index contributed by atoms with van der Waals surface area (Å²) < 4.78 is 41.7. The van der Waals surface area contributed by atoms with Crippen LogP contribution in [0.1, 0.15) is 26.0 Å². The van der Waals surface area contributed by atoms with Crippen molar-refractivity contribution in [2.75, 3.05) is 12.4 Å². The van der Waals surface area contributed by atoms with Crippen LogP contribution in [0, 0.1) is 5.92 Å². The van der Waals surface area contributed by atoms with Crippen molar-refractivity contribution in [3.63, 3.8) is 0 Å². The number of carbonyl (C=O) groups excluding carboxylic acids is 1. The van der Waals surface area contributed by atoms with E-state index in [9.17, 15) is 18.0 Å². The Bertz CT molecular complexity index is 446. The van der Waals surface area contributed by atoms with Crippen molar-refractivity contribution >= 4 is 11.8 Å². The number of carbonyl (C=O) groups is 1. The molecule has 1 heterocycles. The molecule has 0 aliphatic heterocycles. The molecule has 112 valence electrons. The van der Waals surface area contributed by atoms with Gasteiger partial charge in [0.05, 0.1) is 7.11 Å². The topological polar surface area (TPSA) is 64.1 Å². The molecule has 0 aromatic carbocycles. The Kier molecular flexibility index (Phi) is 5.29. The first kappa shape index (κ1) is 16.2. The van der Waals surface area contributed by atoms with Gasteiger partial charge < -0.3 is 10.1 Å². The van der Waals surface area contributed by atoms with Crippen LogP contribution in [0.5, 0.6) is 0 Å². The van der Waals surface area contributed by atoms with E-state index in [-0.39, 0.29) is 11.7 Å². The number of rotatable bonds is 5. The van der Waals surface area contributed by atoms with E-state index in [0.29, 0.717) is 6.42 Å². The Hall–Kier alpha value is -1.86. The Balaban J connectivity index is 2.81. The summed E-state index contributed by atoms with van der Waals surface area (Å²) in [6.45, 7) is 3.83. The van der Waals surface area contributed by atoms with Gasteiger partial charge in [0.2, 0.25) is 0 Å². The van der Waals surface area contributed by atoms with Crippen molar-refractivity contribution in [1.29, 1.82) is 0 Å². The smallest absolute Gasteiger partial charge is 0.435 e. The highest BCUT2D eigenvalue weighted by molar-refractivity contribution is 5.78. The van der Waals surface area contributed by atoms with Gasteiger partial charge in [-0.3, -0.25) is 0 Å². The zero-order chi connectivity index (χ0) is 15.3. The standard InChI is InChI=1S/C12H16F3N3O2/c1-7(2)6-8(11(19)20-3)16-10-5-4-9(17-18-10)12(13,14)15/h4-5,7-8H,6H2,1-3H3,(H,16,18). The molecule has 0 fully saturated rings. The van der Waals surface area contributed by atoms with E-state index in [1.807, 2.05) is 13.8 Å². The number of halogens is 3. The van der Waals surface area contributed by atoms with E-state index < -0.39 is 23.9 Å². The number of methoxy groups -OCH3 is 1. The molecule has 8 heteroatoms. The van der Waals surface area contributed by atoms with Gasteiger partial charge in [-0.15, -0.1) is 10.2 Å². The number of hydrogen-bond acceptors (Lipinski definition) is 5. The molecule has 1 atom stereocenters. The van der Waals surface area contributed by atoms with E-state index in [1.54, 1.807) is 0 Å². The van der Waals surface area contributed by atoms with Gasteiger partial charge in [-0.25, -0.2) is 4.79 Å². The number of aromatic nitrogens is 2. The average molecular weight is 291 g/mol. The van der Waals surface area contributed by atoms with Crippen LogP contribution in [-0.2, 0) is 15.7 Å². The molecular weight excluding hydrogens is 275 g/mol. The van der Waals surface area contributed by atoms with E-state index >= 15 is 0 Å². The van der Waals surface area contributed by atoms with E-state index in [0.717, 1.165) is 12.1 Å². The lowest BCUT2D eigenvalue weighted by atomic mass is 10.0. The minimum atomic E-state index is -4.54. The minimum absolute atomic E-state index is 0.0917. The Morgan fingerprint density at radius 1 is 1.35 bits per heavy atom. The van der Waals surface area contributed by atoms with Crippen LogP contribution in [0.3, 0.4) is 0 Å². The number of anilines is 1. The normalized spacial score (nSPS) is 13.2. The lowest BCUT2D eigenvalue weighted by Gasteiger charge is -2.18. The van der Waals surface area contributed by atoms with Crippen LogP contribution in [-0.4, -0.2) is 29.3 Å².